The monoisotopic (exact) mass is 467 g/mol. The number of nitrogens with one attached hydrogen (secondary N) is 1. The van der Waals surface area contributed by atoms with Crippen LogP contribution in [0.25, 0.3) is 0 Å². The molecule has 28 heavy (non-hydrogen) atoms. The van der Waals surface area contributed by atoms with Crippen molar-refractivity contribution in [3.05, 3.63) is 53.0 Å². The number of hydrogen-bond acceptors (Lipinski definition) is 5. The molecule has 0 atom stereocenters. The van der Waals surface area contributed by atoms with E-state index in [-0.39, 0.29) is 6.54 Å². The van der Waals surface area contributed by atoms with E-state index >= 15 is 0 Å². The Morgan fingerprint density at radius 3 is 2.46 bits per heavy atom. The Morgan fingerprint density at radius 1 is 1.18 bits per heavy atom. The molecule has 9 heteroatoms. The topological polar surface area (TPSA) is 79.0 Å². The van der Waals surface area contributed by atoms with Gasteiger partial charge < -0.3 is 15.0 Å². The maximum atomic E-state index is 12.5. The van der Waals surface area contributed by atoms with Crippen molar-refractivity contribution in [1.82, 2.24) is 0 Å². The van der Waals surface area contributed by atoms with Gasteiger partial charge in [-0.15, -0.1) is 0 Å². The van der Waals surface area contributed by atoms with E-state index in [0.29, 0.717) is 24.6 Å². The molecule has 1 amide bonds. The molecule has 0 unspecified atom stereocenters. The Balaban J connectivity index is 1.67. The van der Waals surface area contributed by atoms with Crippen LogP contribution in [0.4, 0.5) is 17.1 Å². The van der Waals surface area contributed by atoms with Crippen LogP contribution in [0.15, 0.2) is 53.0 Å². The van der Waals surface area contributed by atoms with Gasteiger partial charge in [0, 0.05) is 28.9 Å². The summed E-state index contributed by atoms with van der Waals surface area (Å²) in [6, 6.07) is 14.3. The highest BCUT2D eigenvalue weighted by molar-refractivity contribution is 9.10. The van der Waals surface area contributed by atoms with Crippen LogP contribution in [0.5, 0.6) is 0 Å². The molecule has 1 N–H and O–H groups in total. The van der Waals surface area contributed by atoms with Gasteiger partial charge in [0.05, 0.1) is 25.2 Å². The summed E-state index contributed by atoms with van der Waals surface area (Å²) in [5, 5.41) is 2.76. The average molecular weight is 468 g/mol. The second kappa shape index (κ2) is 8.93. The fraction of sp³-hybridized carbons (Fsp3) is 0.316. The summed E-state index contributed by atoms with van der Waals surface area (Å²) < 4.78 is 31.5. The number of hydrogen-bond donors (Lipinski definition) is 1. The number of sulfonamides is 1. The number of halogens is 1. The van der Waals surface area contributed by atoms with Crippen LogP contribution in [0.1, 0.15) is 0 Å². The smallest absolute Gasteiger partial charge is 0.245 e. The number of benzene rings is 2. The van der Waals surface area contributed by atoms with Crippen LogP contribution >= 0.6 is 15.9 Å². The van der Waals surface area contributed by atoms with Crippen LogP contribution < -0.4 is 14.5 Å². The molecule has 1 aliphatic heterocycles. The Morgan fingerprint density at radius 2 is 1.86 bits per heavy atom. The molecular formula is C19H22BrN3O4S. The molecule has 2 aromatic carbocycles. The number of carbonyl (C=O) groups excluding carboxylic acids is 1. The van der Waals surface area contributed by atoms with E-state index in [2.05, 4.69) is 26.1 Å². The largest absolute Gasteiger partial charge is 0.378 e. The first-order valence-electron chi connectivity index (χ1n) is 8.79. The summed E-state index contributed by atoms with van der Waals surface area (Å²) in [5.41, 5.74) is 2.10. The zero-order valence-electron chi connectivity index (χ0n) is 15.5. The number of nitrogens with zero attached hydrogens (tertiary/aromatic N) is 2. The summed E-state index contributed by atoms with van der Waals surface area (Å²) in [5.74, 6) is -0.412. The maximum absolute atomic E-state index is 12.5. The van der Waals surface area contributed by atoms with Gasteiger partial charge in [0.2, 0.25) is 15.9 Å². The highest BCUT2D eigenvalue weighted by atomic mass is 79.9. The molecule has 1 fully saturated rings. The zero-order valence-corrected chi connectivity index (χ0v) is 17.9. The van der Waals surface area contributed by atoms with Crippen LogP contribution in [-0.2, 0) is 19.6 Å². The lowest BCUT2D eigenvalue weighted by atomic mass is 10.2. The molecule has 0 radical (unpaired) electrons. The first kappa shape index (κ1) is 20.6. The van der Waals surface area contributed by atoms with Crippen LogP contribution in [0.3, 0.4) is 0 Å². The molecule has 1 saturated heterocycles. The highest BCUT2D eigenvalue weighted by Crippen LogP contribution is 2.23. The summed E-state index contributed by atoms with van der Waals surface area (Å²) in [4.78, 5) is 14.7. The van der Waals surface area contributed by atoms with Gasteiger partial charge in [0.15, 0.2) is 0 Å². The van der Waals surface area contributed by atoms with E-state index in [1.54, 1.807) is 24.3 Å². The third-order valence-electron chi connectivity index (χ3n) is 4.31. The van der Waals surface area contributed by atoms with Gasteiger partial charge in [-0.25, -0.2) is 8.42 Å². The van der Waals surface area contributed by atoms with Crippen molar-refractivity contribution in [2.75, 3.05) is 53.6 Å². The van der Waals surface area contributed by atoms with E-state index in [4.69, 9.17) is 4.74 Å². The minimum Gasteiger partial charge on any atom is -0.378 e. The quantitative estimate of drug-likeness (QED) is 0.706. The van der Waals surface area contributed by atoms with E-state index in [1.807, 2.05) is 24.3 Å². The summed E-state index contributed by atoms with van der Waals surface area (Å²) in [6.07, 6.45) is 1.08. The third-order valence-corrected chi connectivity index (χ3v) is 5.94. The minimum absolute atomic E-state index is 0.305. The molecule has 3 rings (SSSR count). The Labute approximate surface area is 173 Å². The molecule has 1 heterocycles. The third kappa shape index (κ3) is 5.46. The van der Waals surface area contributed by atoms with E-state index in [9.17, 15) is 13.2 Å². The van der Waals surface area contributed by atoms with Crippen molar-refractivity contribution in [1.29, 1.82) is 0 Å². The van der Waals surface area contributed by atoms with Crippen molar-refractivity contribution >= 4 is 48.9 Å². The number of amides is 1. The van der Waals surface area contributed by atoms with Gasteiger partial charge in [-0.2, -0.15) is 0 Å². The van der Waals surface area contributed by atoms with Gasteiger partial charge in [0.25, 0.3) is 0 Å². The van der Waals surface area contributed by atoms with E-state index in [1.165, 1.54) is 0 Å². The molecule has 1 aliphatic rings. The van der Waals surface area contributed by atoms with Crippen molar-refractivity contribution in [2.24, 2.45) is 0 Å². The van der Waals surface area contributed by atoms with Crippen molar-refractivity contribution in [2.45, 2.75) is 0 Å². The second-order valence-electron chi connectivity index (χ2n) is 6.44. The summed E-state index contributed by atoms with van der Waals surface area (Å²) in [6.45, 7) is 2.77. The van der Waals surface area contributed by atoms with Gasteiger partial charge >= 0.3 is 0 Å². The average Bonchev–Trinajstić information content (AvgIpc) is 2.66. The molecule has 150 valence electrons. The lowest BCUT2D eigenvalue weighted by Crippen LogP contribution is -2.37. The summed E-state index contributed by atoms with van der Waals surface area (Å²) >= 11 is 3.32. The molecule has 0 bridgehead atoms. The van der Waals surface area contributed by atoms with Crippen LogP contribution in [0.2, 0.25) is 0 Å². The number of morpholine rings is 1. The summed E-state index contributed by atoms with van der Waals surface area (Å²) in [7, 11) is -3.61. The van der Waals surface area contributed by atoms with Gasteiger partial charge in [-0.3, -0.25) is 9.10 Å². The number of anilines is 3. The predicted molar refractivity (Wildman–Crippen MR) is 114 cm³/mol. The molecule has 7 nitrogen and oxygen atoms in total. The number of carbonyl (C=O) groups is 1. The normalized spacial score (nSPS) is 14.6. The van der Waals surface area contributed by atoms with Crippen LogP contribution in [-0.4, -0.2) is 53.4 Å². The molecule has 0 spiro atoms. The van der Waals surface area contributed by atoms with E-state index < -0.39 is 15.9 Å². The molecule has 0 aromatic heterocycles. The number of ether oxygens (including phenoxy) is 1. The lowest BCUT2D eigenvalue weighted by molar-refractivity contribution is -0.114. The fourth-order valence-electron chi connectivity index (χ4n) is 2.94. The minimum atomic E-state index is -3.61. The van der Waals surface area contributed by atoms with E-state index in [0.717, 1.165) is 33.8 Å². The van der Waals surface area contributed by atoms with Crippen LogP contribution in [0, 0.1) is 0 Å². The Bertz CT molecular complexity index is 928. The standard InChI is InChI=1S/C19H22BrN3O4S/c1-28(25,26)23(18-4-2-3-15(20)13-18)14-19(24)21-16-5-7-17(8-6-16)22-9-11-27-12-10-22/h2-8,13H,9-12,14H2,1H3,(H,21,24). The van der Waals surface area contributed by atoms with Crippen molar-refractivity contribution < 1.29 is 17.9 Å². The lowest BCUT2D eigenvalue weighted by Gasteiger charge is -2.29. The molecule has 2 aromatic rings. The second-order valence-corrected chi connectivity index (χ2v) is 9.27. The van der Waals surface area contributed by atoms with Crippen molar-refractivity contribution in [3.8, 4) is 0 Å². The van der Waals surface area contributed by atoms with Gasteiger partial charge in [0.1, 0.15) is 6.54 Å². The number of rotatable bonds is 6. The first-order chi connectivity index (χ1) is 13.3. The van der Waals surface area contributed by atoms with Gasteiger partial charge in [-0.05, 0) is 42.5 Å². The zero-order chi connectivity index (χ0) is 20.1. The predicted octanol–water partition coefficient (Wildman–Crippen LogP) is 2.69. The fourth-order valence-corrected chi connectivity index (χ4v) is 4.17. The highest BCUT2D eigenvalue weighted by Gasteiger charge is 2.21. The molecular weight excluding hydrogens is 446 g/mol. The first-order valence-corrected chi connectivity index (χ1v) is 11.4. The molecule has 0 aliphatic carbocycles. The SMILES string of the molecule is CS(=O)(=O)N(CC(=O)Nc1ccc(N2CCOCC2)cc1)c1cccc(Br)c1. The maximum Gasteiger partial charge on any atom is 0.245 e. The Kier molecular flexibility index (Phi) is 6.58. The van der Waals surface area contributed by atoms with Crippen molar-refractivity contribution in [3.63, 3.8) is 0 Å². The molecule has 0 saturated carbocycles. The Hall–Kier alpha value is -2.10. The van der Waals surface area contributed by atoms with Gasteiger partial charge in [-0.1, -0.05) is 22.0 Å².